The number of nitrogens with one attached hydrogen (secondary N) is 2. The summed E-state index contributed by atoms with van der Waals surface area (Å²) in [6, 6.07) is 4.10. The maximum atomic E-state index is 12.1. The van der Waals surface area contributed by atoms with Crippen LogP contribution in [0.1, 0.15) is 31.7 Å². The van der Waals surface area contributed by atoms with Crippen LogP contribution in [0.4, 0.5) is 10.5 Å². The zero-order valence-corrected chi connectivity index (χ0v) is 14.4. The van der Waals surface area contributed by atoms with E-state index in [0.717, 1.165) is 23.3 Å². The molecule has 7 heteroatoms. The molecule has 0 unspecified atom stereocenters. The van der Waals surface area contributed by atoms with Crippen LogP contribution in [-0.4, -0.2) is 27.9 Å². The van der Waals surface area contributed by atoms with Crippen molar-refractivity contribution in [3.63, 3.8) is 0 Å². The molecule has 0 saturated carbocycles. The van der Waals surface area contributed by atoms with Crippen LogP contribution in [0.25, 0.3) is 11.0 Å². The molecule has 0 fully saturated rings. The highest BCUT2D eigenvalue weighted by atomic mass is 16.2. The van der Waals surface area contributed by atoms with E-state index in [1.54, 1.807) is 18.2 Å². The highest BCUT2D eigenvalue weighted by molar-refractivity contribution is 5.94. The zero-order chi connectivity index (χ0) is 17.9. The van der Waals surface area contributed by atoms with Crippen LogP contribution in [0.2, 0.25) is 0 Å². The molecule has 2 aromatic rings. The van der Waals surface area contributed by atoms with Gasteiger partial charge in [-0.3, -0.25) is 4.79 Å². The van der Waals surface area contributed by atoms with E-state index in [-0.39, 0.29) is 5.92 Å². The van der Waals surface area contributed by atoms with Gasteiger partial charge in [-0.2, -0.15) is 0 Å². The van der Waals surface area contributed by atoms with Gasteiger partial charge in [-0.15, -0.1) is 0 Å². The van der Waals surface area contributed by atoms with Crippen LogP contribution >= 0.6 is 0 Å². The monoisotopic (exact) mass is 329 g/mol. The van der Waals surface area contributed by atoms with E-state index in [9.17, 15) is 9.59 Å². The number of hydrogen-bond donors (Lipinski definition) is 3. The quantitative estimate of drug-likeness (QED) is 0.781. The first-order valence-corrected chi connectivity index (χ1v) is 7.93. The number of nitrogens with two attached hydrogens (primary N) is 1. The van der Waals surface area contributed by atoms with E-state index in [0.29, 0.717) is 11.2 Å². The summed E-state index contributed by atoms with van der Waals surface area (Å²) in [6.45, 7) is 7.59. The molecule has 0 bridgehead atoms. The Bertz CT molecular complexity index is 775. The van der Waals surface area contributed by atoms with Gasteiger partial charge in [-0.05, 0) is 38.0 Å². The number of anilines is 1. The van der Waals surface area contributed by atoms with E-state index >= 15 is 0 Å². The summed E-state index contributed by atoms with van der Waals surface area (Å²) >= 11 is 0. The summed E-state index contributed by atoms with van der Waals surface area (Å²) in [5, 5.41) is 5.33. The van der Waals surface area contributed by atoms with Gasteiger partial charge < -0.3 is 16.4 Å². The van der Waals surface area contributed by atoms with Crippen LogP contribution in [0.3, 0.4) is 0 Å². The number of fused-ring (bicyclic) bond motifs is 1. The summed E-state index contributed by atoms with van der Waals surface area (Å²) < 4.78 is 0. The van der Waals surface area contributed by atoms with Crippen molar-refractivity contribution in [2.24, 2.45) is 11.7 Å². The molecule has 0 radical (unpaired) electrons. The summed E-state index contributed by atoms with van der Waals surface area (Å²) in [6.07, 6.45) is 0.734. The number of carbonyl (C=O) groups excluding carboxylic acids is 2. The minimum atomic E-state index is -0.708. The zero-order valence-electron chi connectivity index (χ0n) is 14.4. The summed E-state index contributed by atoms with van der Waals surface area (Å²) in [4.78, 5) is 32.5. The highest BCUT2D eigenvalue weighted by Crippen LogP contribution is 2.17. The average Bonchev–Trinajstić information content (AvgIpc) is 2.53. The van der Waals surface area contributed by atoms with Crippen LogP contribution < -0.4 is 16.4 Å². The van der Waals surface area contributed by atoms with Crippen LogP contribution in [-0.2, 0) is 4.79 Å². The Morgan fingerprint density at radius 1 is 1.17 bits per heavy atom. The Labute approximate surface area is 141 Å². The Hall–Kier alpha value is -2.70. The van der Waals surface area contributed by atoms with Crippen LogP contribution in [0.5, 0.6) is 0 Å². The first-order valence-electron chi connectivity index (χ1n) is 7.93. The number of rotatable bonds is 5. The van der Waals surface area contributed by atoms with Gasteiger partial charge in [0.15, 0.2) is 0 Å². The van der Waals surface area contributed by atoms with E-state index in [1.165, 1.54) is 0 Å². The van der Waals surface area contributed by atoms with Crippen molar-refractivity contribution in [3.05, 3.63) is 29.6 Å². The molecule has 1 heterocycles. The Kier molecular flexibility index (Phi) is 5.33. The number of aromatic nitrogens is 2. The van der Waals surface area contributed by atoms with Gasteiger partial charge in [0.25, 0.3) is 0 Å². The number of urea groups is 1. The largest absolute Gasteiger partial charge is 0.368 e. The lowest BCUT2D eigenvalue weighted by atomic mass is 9.99. The smallest absolute Gasteiger partial charge is 0.319 e. The van der Waals surface area contributed by atoms with Crippen molar-refractivity contribution < 1.29 is 9.59 Å². The average molecular weight is 329 g/mol. The van der Waals surface area contributed by atoms with E-state index in [4.69, 9.17) is 5.73 Å². The van der Waals surface area contributed by atoms with Crippen LogP contribution in [0, 0.1) is 19.8 Å². The molecular formula is C17H23N5O2. The fourth-order valence-electron chi connectivity index (χ4n) is 2.35. The van der Waals surface area contributed by atoms with Crippen molar-refractivity contribution in [3.8, 4) is 0 Å². The van der Waals surface area contributed by atoms with E-state index in [1.807, 2.05) is 27.7 Å². The van der Waals surface area contributed by atoms with Gasteiger partial charge in [0, 0.05) is 5.69 Å². The molecule has 3 amide bonds. The van der Waals surface area contributed by atoms with Gasteiger partial charge in [-0.25, -0.2) is 14.8 Å². The molecule has 24 heavy (non-hydrogen) atoms. The molecular weight excluding hydrogens is 306 g/mol. The maximum absolute atomic E-state index is 12.1. The number of primary amides is 1. The molecule has 0 saturated heterocycles. The standard InChI is InChI=1S/C17H23N5O2/c1-5-9(2)15(16(18)23)22-17(24)21-12-6-7-13-14(8-12)20-11(4)10(3)19-13/h6-9,15H,5H2,1-4H3,(H2,18,23)(H2,21,22,24)/t9-,15-/m0/s1. The lowest BCUT2D eigenvalue weighted by Crippen LogP contribution is -2.49. The van der Waals surface area contributed by atoms with Crippen molar-refractivity contribution >= 4 is 28.7 Å². The summed E-state index contributed by atoms with van der Waals surface area (Å²) in [5.41, 5.74) is 9.11. The summed E-state index contributed by atoms with van der Waals surface area (Å²) in [7, 11) is 0. The van der Waals surface area contributed by atoms with Gasteiger partial charge in [0.1, 0.15) is 6.04 Å². The van der Waals surface area contributed by atoms with E-state index in [2.05, 4.69) is 20.6 Å². The van der Waals surface area contributed by atoms with Gasteiger partial charge in [-0.1, -0.05) is 20.3 Å². The second-order valence-corrected chi connectivity index (χ2v) is 5.96. The Balaban J connectivity index is 2.15. The van der Waals surface area contributed by atoms with Gasteiger partial charge in [0.2, 0.25) is 5.91 Å². The molecule has 4 N–H and O–H groups in total. The molecule has 0 spiro atoms. The Morgan fingerprint density at radius 3 is 2.38 bits per heavy atom. The molecule has 7 nitrogen and oxygen atoms in total. The molecule has 0 aliphatic heterocycles. The third-order valence-corrected chi connectivity index (χ3v) is 4.14. The minimum Gasteiger partial charge on any atom is -0.368 e. The van der Waals surface area contributed by atoms with Crippen molar-refractivity contribution in [1.29, 1.82) is 0 Å². The molecule has 1 aromatic carbocycles. The lowest BCUT2D eigenvalue weighted by Gasteiger charge is -2.21. The molecule has 128 valence electrons. The summed E-state index contributed by atoms with van der Waals surface area (Å²) in [5.74, 6) is -0.587. The fourth-order valence-corrected chi connectivity index (χ4v) is 2.35. The first kappa shape index (κ1) is 17.7. The van der Waals surface area contributed by atoms with Gasteiger partial charge in [0.05, 0.1) is 22.4 Å². The minimum absolute atomic E-state index is 0.0404. The maximum Gasteiger partial charge on any atom is 0.319 e. The number of aryl methyl sites for hydroxylation is 2. The number of amides is 3. The molecule has 0 aliphatic rings. The van der Waals surface area contributed by atoms with Crippen molar-refractivity contribution in [1.82, 2.24) is 15.3 Å². The van der Waals surface area contributed by atoms with Gasteiger partial charge >= 0.3 is 6.03 Å². The second-order valence-electron chi connectivity index (χ2n) is 5.96. The number of benzene rings is 1. The number of hydrogen-bond acceptors (Lipinski definition) is 4. The molecule has 0 aliphatic carbocycles. The molecule has 2 rings (SSSR count). The second kappa shape index (κ2) is 7.25. The van der Waals surface area contributed by atoms with Crippen LogP contribution in [0.15, 0.2) is 18.2 Å². The van der Waals surface area contributed by atoms with Crippen molar-refractivity contribution in [2.45, 2.75) is 40.2 Å². The third kappa shape index (κ3) is 3.98. The highest BCUT2D eigenvalue weighted by Gasteiger charge is 2.23. The lowest BCUT2D eigenvalue weighted by molar-refractivity contribution is -0.120. The Morgan fingerprint density at radius 2 is 1.79 bits per heavy atom. The fraction of sp³-hybridized carbons (Fsp3) is 0.412. The number of carbonyl (C=O) groups is 2. The van der Waals surface area contributed by atoms with Crippen molar-refractivity contribution in [2.75, 3.05) is 5.32 Å². The first-order chi connectivity index (χ1) is 11.3. The third-order valence-electron chi connectivity index (χ3n) is 4.14. The normalized spacial score (nSPS) is 13.3. The predicted molar refractivity (Wildman–Crippen MR) is 93.6 cm³/mol. The molecule has 1 aromatic heterocycles. The topological polar surface area (TPSA) is 110 Å². The van der Waals surface area contributed by atoms with E-state index < -0.39 is 18.0 Å². The number of nitrogens with zero attached hydrogens (tertiary/aromatic N) is 2. The molecule has 2 atom stereocenters. The SMILES string of the molecule is CC[C@H](C)[C@H](NC(=O)Nc1ccc2nc(C)c(C)nc2c1)C(N)=O. The predicted octanol–water partition coefficient (Wildman–Crippen LogP) is 2.27.